The van der Waals surface area contributed by atoms with Crippen LogP contribution in [0, 0.1) is 11.8 Å². The second kappa shape index (κ2) is 7.56. The zero-order valence-corrected chi connectivity index (χ0v) is 16.4. The number of carbonyl (C=O) groups excluding carboxylic acids is 4. The van der Waals surface area contributed by atoms with E-state index in [0.29, 0.717) is 0 Å². The molecule has 0 saturated carbocycles. The summed E-state index contributed by atoms with van der Waals surface area (Å²) < 4.78 is 11.2. The zero-order chi connectivity index (χ0) is 21.5. The molecule has 4 rings (SSSR count). The van der Waals surface area contributed by atoms with Crippen LogP contribution < -0.4 is 11.1 Å². The van der Waals surface area contributed by atoms with Crippen molar-refractivity contribution in [2.75, 3.05) is 13.2 Å². The van der Waals surface area contributed by atoms with Gasteiger partial charge in [0.1, 0.15) is 24.1 Å². The van der Waals surface area contributed by atoms with Crippen molar-refractivity contribution in [2.45, 2.75) is 31.2 Å². The number of carbonyl (C=O) groups is 4. The number of nitrogens with two attached hydrogens (primary N) is 1. The molecular weight excluding hydrogens is 390 g/mol. The Morgan fingerprint density at radius 2 is 2.00 bits per heavy atom. The van der Waals surface area contributed by atoms with Gasteiger partial charge < -0.3 is 25.4 Å². The molecule has 9 heteroatoms. The highest BCUT2D eigenvalue weighted by atomic mass is 16.6. The summed E-state index contributed by atoms with van der Waals surface area (Å²) in [6.45, 7) is 1.63. The molecule has 5 atom stereocenters. The maximum absolute atomic E-state index is 13.2. The predicted molar refractivity (Wildman–Crippen MR) is 103 cm³/mol. The third-order valence-corrected chi connectivity index (χ3v) is 5.82. The van der Waals surface area contributed by atoms with E-state index >= 15 is 0 Å². The van der Waals surface area contributed by atoms with Crippen molar-refractivity contribution in [3.63, 3.8) is 0 Å². The van der Waals surface area contributed by atoms with Crippen LogP contribution in [0.15, 0.2) is 42.5 Å². The lowest BCUT2D eigenvalue weighted by atomic mass is 9.74. The van der Waals surface area contributed by atoms with Crippen LogP contribution in [-0.2, 0) is 35.2 Å². The van der Waals surface area contributed by atoms with Crippen LogP contribution >= 0.6 is 0 Å². The minimum absolute atomic E-state index is 0.158. The Morgan fingerprint density at radius 1 is 1.27 bits per heavy atom. The van der Waals surface area contributed by atoms with Crippen LogP contribution in [0.1, 0.15) is 12.5 Å². The maximum atomic E-state index is 13.2. The average molecular weight is 413 g/mol. The summed E-state index contributed by atoms with van der Waals surface area (Å²) >= 11 is 0. The molecular formula is C21H23N3O6. The lowest BCUT2D eigenvalue weighted by molar-refractivity contribution is -0.153. The Labute approximate surface area is 173 Å². The van der Waals surface area contributed by atoms with E-state index in [1.807, 2.05) is 30.3 Å². The lowest BCUT2D eigenvalue weighted by Crippen LogP contribution is -2.55. The fraction of sp³-hybridized carbons (Fsp3) is 0.429. The van der Waals surface area contributed by atoms with Crippen LogP contribution in [0.4, 0.5) is 0 Å². The third kappa shape index (κ3) is 3.06. The van der Waals surface area contributed by atoms with E-state index in [4.69, 9.17) is 15.2 Å². The molecule has 0 aliphatic carbocycles. The second-order valence-electron chi connectivity index (χ2n) is 7.59. The molecule has 1 aromatic carbocycles. The van der Waals surface area contributed by atoms with Crippen molar-refractivity contribution in [3.05, 3.63) is 48.0 Å². The first kappa shape index (κ1) is 20.1. The van der Waals surface area contributed by atoms with Gasteiger partial charge in [-0.3, -0.25) is 19.2 Å². The summed E-state index contributed by atoms with van der Waals surface area (Å²) in [7, 11) is 0. The Morgan fingerprint density at radius 3 is 2.67 bits per heavy atom. The highest BCUT2D eigenvalue weighted by Gasteiger charge is 2.73. The van der Waals surface area contributed by atoms with Gasteiger partial charge in [0.05, 0.1) is 18.6 Å². The smallest absolute Gasteiger partial charge is 0.312 e. The molecule has 3 N–H and O–H groups in total. The Balaban J connectivity index is 1.65. The molecule has 9 nitrogen and oxygen atoms in total. The number of fused-ring (bicyclic) bond motifs is 1. The van der Waals surface area contributed by atoms with E-state index in [1.54, 1.807) is 19.1 Å². The lowest BCUT2D eigenvalue weighted by Gasteiger charge is -2.31. The van der Waals surface area contributed by atoms with Crippen molar-refractivity contribution in [1.82, 2.24) is 10.2 Å². The summed E-state index contributed by atoms with van der Waals surface area (Å²) in [6, 6.07) is 8.16. The number of amides is 3. The SMILES string of the molecule is CCOC(=O)[C@@H]1[C@H]2C(=O)N(CC(N)=O)C(C(=O)NCc3ccccc3)[C@]23C=C[C@H]1O3. The monoisotopic (exact) mass is 413 g/mol. The van der Waals surface area contributed by atoms with E-state index in [1.165, 1.54) is 0 Å². The molecule has 3 aliphatic rings. The summed E-state index contributed by atoms with van der Waals surface area (Å²) in [5.41, 5.74) is 4.87. The Bertz CT molecular complexity index is 917. The summed E-state index contributed by atoms with van der Waals surface area (Å²) in [5, 5.41) is 2.81. The Hall–Kier alpha value is -3.20. The van der Waals surface area contributed by atoms with Gasteiger partial charge in [-0.25, -0.2) is 0 Å². The van der Waals surface area contributed by atoms with E-state index in [2.05, 4.69) is 5.32 Å². The fourth-order valence-corrected chi connectivity index (χ4v) is 4.70. The number of hydrogen-bond acceptors (Lipinski definition) is 6. The van der Waals surface area contributed by atoms with Crippen LogP contribution in [-0.4, -0.2) is 59.5 Å². The first-order valence-electron chi connectivity index (χ1n) is 9.83. The van der Waals surface area contributed by atoms with Gasteiger partial charge in [0.15, 0.2) is 0 Å². The molecule has 158 valence electrons. The van der Waals surface area contributed by atoms with Crippen molar-refractivity contribution in [1.29, 1.82) is 0 Å². The number of nitrogens with zero attached hydrogens (tertiary/aromatic N) is 1. The topological polar surface area (TPSA) is 128 Å². The molecule has 2 bridgehead atoms. The van der Waals surface area contributed by atoms with Gasteiger partial charge in [0.2, 0.25) is 17.7 Å². The molecule has 3 heterocycles. The van der Waals surface area contributed by atoms with E-state index in [0.717, 1.165) is 10.5 Å². The van der Waals surface area contributed by atoms with Gasteiger partial charge >= 0.3 is 5.97 Å². The normalized spacial score (nSPS) is 31.0. The number of rotatable bonds is 7. The fourth-order valence-electron chi connectivity index (χ4n) is 4.70. The summed E-state index contributed by atoms with van der Waals surface area (Å²) in [4.78, 5) is 51.7. The van der Waals surface area contributed by atoms with Crippen LogP contribution in [0.5, 0.6) is 0 Å². The van der Waals surface area contributed by atoms with Crippen molar-refractivity contribution in [3.8, 4) is 0 Å². The van der Waals surface area contributed by atoms with Crippen molar-refractivity contribution >= 4 is 23.7 Å². The Kier molecular flexibility index (Phi) is 5.07. The van der Waals surface area contributed by atoms with Crippen molar-refractivity contribution < 1.29 is 28.7 Å². The van der Waals surface area contributed by atoms with Gasteiger partial charge in [0.25, 0.3) is 0 Å². The highest BCUT2D eigenvalue weighted by molar-refractivity contribution is 6.00. The average Bonchev–Trinajstić information content (AvgIpc) is 3.35. The van der Waals surface area contributed by atoms with E-state index < -0.39 is 59.8 Å². The standard InChI is InChI=1S/C21H23N3O6/c1-2-29-20(28)15-13-8-9-21(30-13)16(15)19(27)24(11-14(22)25)17(21)18(26)23-10-12-6-4-3-5-7-12/h3-9,13,15-17H,2,10-11H2,1H3,(H2,22,25)(H,23,26)/t13-,15+,16+,17?,21+/m1/s1. The second-order valence-corrected chi connectivity index (χ2v) is 7.59. The van der Waals surface area contributed by atoms with Crippen LogP contribution in [0.2, 0.25) is 0 Å². The largest absolute Gasteiger partial charge is 0.466 e. The third-order valence-electron chi connectivity index (χ3n) is 5.82. The predicted octanol–water partition coefficient (Wildman–Crippen LogP) is -0.498. The van der Waals surface area contributed by atoms with Gasteiger partial charge in [-0.15, -0.1) is 0 Å². The zero-order valence-electron chi connectivity index (χ0n) is 16.4. The number of ether oxygens (including phenoxy) is 2. The first-order valence-corrected chi connectivity index (χ1v) is 9.83. The summed E-state index contributed by atoms with van der Waals surface area (Å²) in [5.74, 6) is -4.13. The molecule has 0 radical (unpaired) electrons. The van der Waals surface area contributed by atoms with Gasteiger partial charge in [-0.05, 0) is 12.5 Å². The number of hydrogen-bond donors (Lipinski definition) is 2. The van der Waals surface area contributed by atoms with Crippen molar-refractivity contribution in [2.24, 2.45) is 17.6 Å². The van der Waals surface area contributed by atoms with Crippen LogP contribution in [0.3, 0.4) is 0 Å². The summed E-state index contributed by atoms with van der Waals surface area (Å²) in [6.07, 6.45) is 2.68. The van der Waals surface area contributed by atoms with Gasteiger partial charge in [-0.2, -0.15) is 0 Å². The highest BCUT2D eigenvalue weighted by Crippen LogP contribution is 2.55. The number of esters is 1. The quantitative estimate of drug-likeness (QED) is 0.458. The molecule has 1 spiro atoms. The number of primary amides is 1. The first-order chi connectivity index (χ1) is 14.4. The molecule has 30 heavy (non-hydrogen) atoms. The minimum atomic E-state index is -1.34. The van der Waals surface area contributed by atoms with E-state index in [9.17, 15) is 19.2 Å². The minimum Gasteiger partial charge on any atom is -0.466 e. The van der Waals surface area contributed by atoms with Gasteiger partial charge in [-0.1, -0.05) is 42.5 Å². The number of likely N-dealkylation sites (tertiary alicyclic amines) is 1. The molecule has 1 aromatic rings. The number of nitrogens with one attached hydrogen (secondary N) is 1. The van der Waals surface area contributed by atoms with Crippen LogP contribution in [0.25, 0.3) is 0 Å². The molecule has 0 aromatic heterocycles. The molecule has 2 fully saturated rings. The maximum Gasteiger partial charge on any atom is 0.312 e. The molecule has 1 unspecified atom stereocenters. The molecule has 3 amide bonds. The van der Waals surface area contributed by atoms with Gasteiger partial charge in [0, 0.05) is 6.54 Å². The number of benzene rings is 1. The molecule has 3 aliphatic heterocycles. The molecule has 2 saturated heterocycles. The van der Waals surface area contributed by atoms with E-state index in [-0.39, 0.29) is 13.2 Å².